The molecule has 2 aromatic rings. The molecular formula is C13H10Cl2N2O2. The molecule has 0 unspecified atom stereocenters. The van der Waals surface area contributed by atoms with E-state index in [9.17, 15) is 4.79 Å². The lowest BCUT2D eigenvalue weighted by Crippen LogP contribution is -2.07. The summed E-state index contributed by atoms with van der Waals surface area (Å²) in [6, 6.07) is 6.31. The largest absolute Gasteiger partial charge is 0.457 e. The third-order valence-electron chi connectivity index (χ3n) is 2.43. The number of halogens is 2. The van der Waals surface area contributed by atoms with Crippen molar-refractivity contribution in [1.82, 2.24) is 4.98 Å². The van der Waals surface area contributed by atoms with Gasteiger partial charge < -0.3 is 10.5 Å². The van der Waals surface area contributed by atoms with E-state index >= 15 is 0 Å². The number of benzene rings is 1. The van der Waals surface area contributed by atoms with Crippen molar-refractivity contribution in [1.29, 1.82) is 0 Å². The number of esters is 1. The van der Waals surface area contributed by atoms with E-state index < -0.39 is 5.97 Å². The van der Waals surface area contributed by atoms with Crippen LogP contribution in [0.3, 0.4) is 0 Å². The molecule has 0 saturated heterocycles. The van der Waals surface area contributed by atoms with Gasteiger partial charge >= 0.3 is 5.97 Å². The van der Waals surface area contributed by atoms with Crippen molar-refractivity contribution >= 4 is 34.9 Å². The summed E-state index contributed by atoms with van der Waals surface area (Å²) in [7, 11) is 0. The first-order valence-electron chi connectivity index (χ1n) is 5.38. The molecule has 6 heteroatoms. The lowest BCUT2D eigenvalue weighted by atomic mass is 10.2. The molecule has 2 N–H and O–H groups in total. The number of hydrogen-bond donors (Lipinski definition) is 1. The molecule has 1 heterocycles. The van der Waals surface area contributed by atoms with Crippen LogP contribution >= 0.6 is 23.2 Å². The van der Waals surface area contributed by atoms with Gasteiger partial charge in [-0.3, -0.25) is 4.98 Å². The zero-order valence-electron chi connectivity index (χ0n) is 9.77. The third-order valence-corrected chi connectivity index (χ3v) is 3.10. The standard InChI is InChI=1S/C13H10Cl2N2O2/c14-11-2-1-9(16)5-10(11)13(18)19-7-8-3-4-17-6-12(8)15/h1-6H,7,16H2. The summed E-state index contributed by atoms with van der Waals surface area (Å²) in [6.45, 7) is 0.0469. The summed E-state index contributed by atoms with van der Waals surface area (Å²) in [5, 5.41) is 0.731. The molecule has 0 aliphatic heterocycles. The normalized spacial score (nSPS) is 10.2. The minimum Gasteiger partial charge on any atom is -0.457 e. The Morgan fingerprint density at radius 1 is 1.26 bits per heavy atom. The zero-order chi connectivity index (χ0) is 13.8. The molecule has 0 amide bonds. The Morgan fingerprint density at radius 2 is 2.05 bits per heavy atom. The van der Waals surface area contributed by atoms with Gasteiger partial charge in [0.25, 0.3) is 0 Å². The number of nitrogen functional groups attached to an aromatic ring is 1. The Balaban J connectivity index is 2.10. The predicted octanol–water partition coefficient (Wildman–Crippen LogP) is 3.33. The summed E-state index contributed by atoms with van der Waals surface area (Å²) < 4.78 is 5.14. The Bertz CT molecular complexity index is 617. The molecule has 0 aliphatic rings. The maximum atomic E-state index is 11.9. The molecule has 98 valence electrons. The molecule has 19 heavy (non-hydrogen) atoms. The summed E-state index contributed by atoms with van der Waals surface area (Å²) in [4.78, 5) is 15.7. The molecular weight excluding hydrogens is 287 g/mol. The second-order valence-corrected chi connectivity index (χ2v) is 4.60. The molecule has 1 aromatic heterocycles. The highest BCUT2D eigenvalue weighted by atomic mass is 35.5. The summed E-state index contributed by atoms with van der Waals surface area (Å²) >= 11 is 11.8. The van der Waals surface area contributed by atoms with Crippen LogP contribution in [-0.2, 0) is 11.3 Å². The number of carbonyl (C=O) groups is 1. The van der Waals surface area contributed by atoms with Crippen LogP contribution in [0.15, 0.2) is 36.7 Å². The van der Waals surface area contributed by atoms with Gasteiger partial charge in [0.2, 0.25) is 0 Å². The SMILES string of the molecule is Nc1ccc(Cl)c(C(=O)OCc2ccncc2Cl)c1. The monoisotopic (exact) mass is 296 g/mol. The highest BCUT2D eigenvalue weighted by Crippen LogP contribution is 2.21. The first-order chi connectivity index (χ1) is 9.08. The topological polar surface area (TPSA) is 65.2 Å². The van der Waals surface area contributed by atoms with Crippen molar-refractivity contribution in [3.8, 4) is 0 Å². The first-order valence-corrected chi connectivity index (χ1v) is 6.14. The van der Waals surface area contributed by atoms with Crippen LogP contribution in [0.1, 0.15) is 15.9 Å². The van der Waals surface area contributed by atoms with E-state index in [1.54, 1.807) is 24.4 Å². The van der Waals surface area contributed by atoms with E-state index in [1.165, 1.54) is 12.3 Å². The highest BCUT2D eigenvalue weighted by molar-refractivity contribution is 6.33. The average molecular weight is 297 g/mol. The number of nitrogens with zero attached hydrogens (tertiary/aromatic N) is 1. The fraction of sp³-hybridized carbons (Fsp3) is 0.0769. The lowest BCUT2D eigenvalue weighted by molar-refractivity contribution is 0.0473. The number of pyridine rings is 1. The number of rotatable bonds is 3. The van der Waals surface area contributed by atoms with E-state index in [0.717, 1.165) is 0 Å². The van der Waals surface area contributed by atoms with Crippen molar-refractivity contribution < 1.29 is 9.53 Å². The number of ether oxygens (including phenoxy) is 1. The van der Waals surface area contributed by atoms with Gasteiger partial charge in [-0.2, -0.15) is 0 Å². The fourth-order valence-corrected chi connectivity index (χ4v) is 1.81. The Hall–Kier alpha value is -1.78. The van der Waals surface area contributed by atoms with Gasteiger partial charge in [-0.1, -0.05) is 23.2 Å². The number of anilines is 1. The predicted molar refractivity (Wildman–Crippen MR) is 74.2 cm³/mol. The van der Waals surface area contributed by atoms with Crippen LogP contribution in [0, 0.1) is 0 Å². The molecule has 0 aliphatic carbocycles. The smallest absolute Gasteiger partial charge is 0.340 e. The summed E-state index contributed by atoms with van der Waals surface area (Å²) in [5.41, 5.74) is 6.94. The lowest BCUT2D eigenvalue weighted by Gasteiger charge is -2.08. The van der Waals surface area contributed by atoms with Crippen LogP contribution in [0.5, 0.6) is 0 Å². The van der Waals surface area contributed by atoms with Crippen molar-refractivity contribution in [2.45, 2.75) is 6.61 Å². The van der Waals surface area contributed by atoms with Crippen LogP contribution in [0.4, 0.5) is 5.69 Å². The average Bonchev–Trinajstić information content (AvgIpc) is 2.40. The van der Waals surface area contributed by atoms with Crippen LogP contribution < -0.4 is 5.73 Å². The minimum absolute atomic E-state index is 0.0469. The molecule has 0 saturated carbocycles. The molecule has 1 aromatic carbocycles. The quantitative estimate of drug-likeness (QED) is 0.697. The third kappa shape index (κ3) is 3.36. The second kappa shape index (κ2) is 5.91. The highest BCUT2D eigenvalue weighted by Gasteiger charge is 2.13. The van der Waals surface area contributed by atoms with E-state index in [-0.39, 0.29) is 12.2 Å². The number of nitrogens with two attached hydrogens (primary N) is 1. The second-order valence-electron chi connectivity index (χ2n) is 3.78. The van der Waals surface area contributed by atoms with E-state index in [2.05, 4.69) is 4.98 Å². The van der Waals surface area contributed by atoms with Crippen LogP contribution in [-0.4, -0.2) is 11.0 Å². The van der Waals surface area contributed by atoms with Gasteiger partial charge in [-0.25, -0.2) is 4.79 Å². The van der Waals surface area contributed by atoms with Crippen molar-refractivity contribution in [3.63, 3.8) is 0 Å². The minimum atomic E-state index is -0.551. The molecule has 0 spiro atoms. The van der Waals surface area contributed by atoms with Gasteiger partial charge in [-0.15, -0.1) is 0 Å². The van der Waals surface area contributed by atoms with Gasteiger partial charge in [0.1, 0.15) is 6.61 Å². The number of hydrogen-bond acceptors (Lipinski definition) is 4. The molecule has 0 radical (unpaired) electrons. The van der Waals surface area contributed by atoms with E-state index in [0.29, 0.717) is 21.3 Å². The number of aromatic nitrogens is 1. The van der Waals surface area contributed by atoms with Crippen LogP contribution in [0.2, 0.25) is 10.0 Å². The Kier molecular flexibility index (Phi) is 4.24. The molecule has 0 atom stereocenters. The van der Waals surface area contributed by atoms with Gasteiger partial charge in [-0.05, 0) is 24.3 Å². The first kappa shape index (κ1) is 13.6. The van der Waals surface area contributed by atoms with Crippen molar-refractivity contribution in [2.75, 3.05) is 5.73 Å². The Morgan fingerprint density at radius 3 is 2.79 bits per heavy atom. The maximum Gasteiger partial charge on any atom is 0.340 e. The van der Waals surface area contributed by atoms with Crippen molar-refractivity contribution in [2.24, 2.45) is 0 Å². The van der Waals surface area contributed by atoms with Crippen LogP contribution in [0.25, 0.3) is 0 Å². The zero-order valence-corrected chi connectivity index (χ0v) is 11.3. The van der Waals surface area contributed by atoms with Gasteiger partial charge in [0, 0.05) is 23.6 Å². The molecule has 4 nitrogen and oxygen atoms in total. The van der Waals surface area contributed by atoms with E-state index in [4.69, 9.17) is 33.7 Å². The Labute approximate surface area is 120 Å². The van der Waals surface area contributed by atoms with Gasteiger partial charge in [0.05, 0.1) is 15.6 Å². The summed E-state index contributed by atoms with van der Waals surface area (Å²) in [5.74, 6) is -0.551. The number of carbonyl (C=O) groups excluding carboxylic acids is 1. The molecule has 0 bridgehead atoms. The molecule has 0 fully saturated rings. The maximum absolute atomic E-state index is 11.9. The fourth-order valence-electron chi connectivity index (χ4n) is 1.44. The molecule has 2 rings (SSSR count). The van der Waals surface area contributed by atoms with E-state index in [1.807, 2.05) is 0 Å². The summed E-state index contributed by atoms with van der Waals surface area (Å²) in [6.07, 6.45) is 3.06. The van der Waals surface area contributed by atoms with Crippen molar-refractivity contribution in [3.05, 3.63) is 57.8 Å². The van der Waals surface area contributed by atoms with Gasteiger partial charge in [0.15, 0.2) is 0 Å².